The molecule has 1 unspecified atom stereocenters. The highest BCUT2D eigenvalue weighted by Gasteiger charge is 2.48. The molecule has 5 atom stereocenters. The van der Waals surface area contributed by atoms with Crippen LogP contribution in [0.2, 0.25) is 0 Å². The van der Waals surface area contributed by atoms with Gasteiger partial charge in [-0.3, -0.25) is 14.4 Å². The SMILES string of the molecule is CCC(=O)OC[C@H]1OC(O)[C@H](N)[C@@H](OC(=O)CC)[C@@H]1OC(=O)CC. The van der Waals surface area contributed by atoms with E-state index in [1.54, 1.807) is 20.8 Å². The molecule has 3 N–H and O–H groups in total. The van der Waals surface area contributed by atoms with E-state index < -0.39 is 48.6 Å². The zero-order chi connectivity index (χ0) is 18.3. The Morgan fingerprint density at radius 2 is 1.46 bits per heavy atom. The van der Waals surface area contributed by atoms with Gasteiger partial charge in [-0.05, 0) is 0 Å². The van der Waals surface area contributed by atoms with Crippen LogP contribution in [0.3, 0.4) is 0 Å². The summed E-state index contributed by atoms with van der Waals surface area (Å²) in [7, 11) is 0. The van der Waals surface area contributed by atoms with Crippen molar-refractivity contribution in [1.29, 1.82) is 0 Å². The van der Waals surface area contributed by atoms with E-state index in [1.165, 1.54) is 0 Å². The lowest BCUT2D eigenvalue weighted by atomic mass is 9.97. The molecule has 0 radical (unpaired) electrons. The number of hydrogen-bond acceptors (Lipinski definition) is 9. The molecular weight excluding hydrogens is 322 g/mol. The van der Waals surface area contributed by atoms with Crippen molar-refractivity contribution in [2.75, 3.05) is 6.61 Å². The van der Waals surface area contributed by atoms with Crippen molar-refractivity contribution in [3.05, 3.63) is 0 Å². The summed E-state index contributed by atoms with van der Waals surface area (Å²) in [5.74, 6) is -1.60. The minimum atomic E-state index is -1.46. The minimum absolute atomic E-state index is 0.0874. The molecule has 1 heterocycles. The number of carbonyl (C=O) groups is 3. The third-order valence-corrected chi connectivity index (χ3v) is 3.52. The van der Waals surface area contributed by atoms with Gasteiger partial charge in [0, 0.05) is 19.3 Å². The molecule has 0 saturated carbocycles. The van der Waals surface area contributed by atoms with E-state index in [9.17, 15) is 19.5 Å². The Labute approximate surface area is 140 Å². The Kier molecular flexibility index (Phi) is 8.09. The van der Waals surface area contributed by atoms with E-state index in [1.807, 2.05) is 0 Å². The number of hydrogen-bond donors (Lipinski definition) is 2. The highest BCUT2D eigenvalue weighted by atomic mass is 16.7. The van der Waals surface area contributed by atoms with E-state index in [4.69, 9.17) is 24.7 Å². The molecular formula is C15H25NO8. The summed E-state index contributed by atoms with van der Waals surface area (Å²) in [5, 5.41) is 9.92. The normalized spacial score (nSPS) is 29.6. The van der Waals surface area contributed by atoms with Crippen molar-refractivity contribution >= 4 is 17.9 Å². The van der Waals surface area contributed by atoms with Crippen molar-refractivity contribution in [2.24, 2.45) is 5.73 Å². The predicted molar refractivity (Wildman–Crippen MR) is 80.4 cm³/mol. The van der Waals surface area contributed by atoms with E-state index in [0.717, 1.165) is 0 Å². The molecule has 0 aromatic rings. The Bertz CT molecular complexity index is 455. The van der Waals surface area contributed by atoms with Gasteiger partial charge in [0.05, 0.1) is 6.04 Å². The van der Waals surface area contributed by atoms with Crippen molar-refractivity contribution in [2.45, 2.75) is 70.7 Å². The Hall–Kier alpha value is -1.71. The van der Waals surface area contributed by atoms with Gasteiger partial charge in [-0.25, -0.2) is 0 Å². The first-order valence-electron chi connectivity index (χ1n) is 7.97. The highest BCUT2D eigenvalue weighted by molar-refractivity contribution is 5.70. The zero-order valence-corrected chi connectivity index (χ0v) is 14.1. The van der Waals surface area contributed by atoms with E-state index >= 15 is 0 Å². The van der Waals surface area contributed by atoms with E-state index in [-0.39, 0.29) is 25.9 Å². The quantitative estimate of drug-likeness (QED) is 0.467. The van der Waals surface area contributed by atoms with Crippen LogP contribution in [0.25, 0.3) is 0 Å². The second-order valence-corrected chi connectivity index (χ2v) is 5.30. The molecule has 1 saturated heterocycles. The van der Waals surface area contributed by atoms with Gasteiger partial charge in [-0.15, -0.1) is 0 Å². The van der Waals surface area contributed by atoms with Crippen LogP contribution in [0.4, 0.5) is 0 Å². The number of aliphatic hydroxyl groups is 1. The predicted octanol–water partition coefficient (Wildman–Crippen LogP) is -0.372. The zero-order valence-electron chi connectivity index (χ0n) is 14.1. The highest BCUT2D eigenvalue weighted by Crippen LogP contribution is 2.25. The second kappa shape index (κ2) is 9.55. The lowest BCUT2D eigenvalue weighted by Gasteiger charge is -2.42. The lowest BCUT2D eigenvalue weighted by molar-refractivity contribution is -0.261. The number of rotatable bonds is 7. The first kappa shape index (κ1) is 20.3. The number of esters is 3. The average Bonchev–Trinajstić information content (AvgIpc) is 2.58. The molecule has 1 aliphatic heterocycles. The molecule has 0 aromatic carbocycles. The molecule has 138 valence electrons. The maximum absolute atomic E-state index is 11.7. The smallest absolute Gasteiger partial charge is 0.306 e. The number of nitrogens with two attached hydrogens (primary N) is 1. The first-order valence-corrected chi connectivity index (χ1v) is 7.97. The van der Waals surface area contributed by atoms with Crippen LogP contribution in [0.1, 0.15) is 40.0 Å². The van der Waals surface area contributed by atoms with Gasteiger partial charge >= 0.3 is 17.9 Å². The first-order chi connectivity index (χ1) is 11.3. The van der Waals surface area contributed by atoms with Crippen LogP contribution in [0.15, 0.2) is 0 Å². The van der Waals surface area contributed by atoms with Crippen LogP contribution in [-0.4, -0.2) is 60.3 Å². The van der Waals surface area contributed by atoms with E-state index in [2.05, 4.69) is 0 Å². The summed E-state index contributed by atoms with van der Waals surface area (Å²) in [5.41, 5.74) is 5.83. The summed E-state index contributed by atoms with van der Waals surface area (Å²) < 4.78 is 20.8. The van der Waals surface area contributed by atoms with Gasteiger partial charge in [0.1, 0.15) is 12.7 Å². The maximum Gasteiger partial charge on any atom is 0.306 e. The second-order valence-electron chi connectivity index (χ2n) is 5.30. The van der Waals surface area contributed by atoms with Crippen LogP contribution in [0, 0.1) is 0 Å². The van der Waals surface area contributed by atoms with Crippen LogP contribution >= 0.6 is 0 Å². The largest absolute Gasteiger partial charge is 0.463 e. The molecule has 9 heteroatoms. The van der Waals surface area contributed by atoms with Crippen molar-refractivity contribution in [3.63, 3.8) is 0 Å². The fourth-order valence-corrected chi connectivity index (χ4v) is 2.11. The van der Waals surface area contributed by atoms with Gasteiger partial charge in [-0.1, -0.05) is 20.8 Å². The Morgan fingerprint density at radius 1 is 0.958 bits per heavy atom. The third-order valence-electron chi connectivity index (χ3n) is 3.52. The Morgan fingerprint density at radius 3 is 1.96 bits per heavy atom. The fourth-order valence-electron chi connectivity index (χ4n) is 2.11. The molecule has 0 aliphatic carbocycles. The summed E-state index contributed by atoms with van der Waals surface area (Å²) in [6, 6.07) is -1.10. The summed E-state index contributed by atoms with van der Waals surface area (Å²) in [4.78, 5) is 34.6. The van der Waals surface area contributed by atoms with Gasteiger partial charge in [0.2, 0.25) is 0 Å². The lowest BCUT2D eigenvalue weighted by Crippen LogP contribution is -2.64. The van der Waals surface area contributed by atoms with E-state index in [0.29, 0.717) is 0 Å². The van der Waals surface area contributed by atoms with Crippen molar-refractivity contribution in [3.8, 4) is 0 Å². The van der Waals surface area contributed by atoms with Crippen LogP contribution in [0.5, 0.6) is 0 Å². The Balaban J connectivity index is 2.97. The van der Waals surface area contributed by atoms with Gasteiger partial charge in [-0.2, -0.15) is 0 Å². The number of carbonyl (C=O) groups excluding carboxylic acids is 3. The molecule has 0 aromatic heterocycles. The molecule has 1 rings (SSSR count). The summed E-state index contributed by atoms with van der Waals surface area (Å²) >= 11 is 0. The van der Waals surface area contributed by atoms with Crippen molar-refractivity contribution in [1.82, 2.24) is 0 Å². The summed E-state index contributed by atoms with van der Waals surface area (Å²) in [6.07, 6.45) is -4.32. The summed E-state index contributed by atoms with van der Waals surface area (Å²) in [6.45, 7) is 4.55. The minimum Gasteiger partial charge on any atom is -0.463 e. The topological polar surface area (TPSA) is 134 Å². The van der Waals surface area contributed by atoms with Gasteiger partial charge in [0.15, 0.2) is 18.5 Å². The molecule has 9 nitrogen and oxygen atoms in total. The van der Waals surface area contributed by atoms with Gasteiger partial charge in [0.25, 0.3) is 0 Å². The molecule has 1 fully saturated rings. The fraction of sp³-hybridized carbons (Fsp3) is 0.800. The molecule has 0 spiro atoms. The van der Waals surface area contributed by atoms with Crippen LogP contribution in [-0.2, 0) is 33.3 Å². The number of ether oxygens (including phenoxy) is 4. The maximum atomic E-state index is 11.7. The number of aliphatic hydroxyl groups excluding tert-OH is 1. The third kappa shape index (κ3) is 5.43. The monoisotopic (exact) mass is 347 g/mol. The molecule has 0 amide bonds. The standard InChI is InChI=1S/C15H25NO8/c1-4-9(17)21-7-8-13(23-10(18)5-2)14(24-11(19)6-3)12(16)15(20)22-8/h8,12-15,20H,4-7,16H2,1-3H3/t8-,12-,13-,14-,15?/m1/s1. The molecule has 24 heavy (non-hydrogen) atoms. The van der Waals surface area contributed by atoms with Crippen molar-refractivity contribution < 1.29 is 38.4 Å². The van der Waals surface area contributed by atoms with Gasteiger partial charge < -0.3 is 29.8 Å². The molecule has 1 aliphatic rings. The average molecular weight is 347 g/mol. The van der Waals surface area contributed by atoms with Crippen LogP contribution < -0.4 is 5.73 Å². The molecule has 0 bridgehead atoms.